The van der Waals surface area contributed by atoms with Crippen molar-refractivity contribution in [3.8, 4) is 6.07 Å². The second-order valence-corrected chi connectivity index (χ2v) is 7.49. The molecule has 1 aromatic carbocycles. The van der Waals surface area contributed by atoms with Crippen LogP contribution in [0.5, 0.6) is 0 Å². The van der Waals surface area contributed by atoms with Gasteiger partial charge in [0.25, 0.3) is 5.91 Å². The van der Waals surface area contributed by atoms with Crippen LogP contribution in [0.4, 0.5) is 10.5 Å². The van der Waals surface area contributed by atoms with Crippen LogP contribution in [-0.4, -0.2) is 37.7 Å². The highest BCUT2D eigenvalue weighted by Crippen LogP contribution is 2.50. The number of carbonyl (C=O) groups is 3. The number of nitrogens with one attached hydrogen (secondary N) is 1. The third-order valence-corrected chi connectivity index (χ3v) is 4.55. The zero-order chi connectivity index (χ0) is 20.6. The van der Waals surface area contributed by atoms with Gasteiger partial charge in [-0.3, -0.25) is 9.59 Å². The molecule has 8 nitrogen and oxygen atoms in total. The molecule has 0 saturated heterocycles. The van der Waals surface area contributed by atoms with Crippen molar-refractivity contribution in [2.24, 2.45) is 5.41 Å². The first-order valence-electron chi connectivity index (χ1n) is 8.33. The van der Waals surface area contributed by atoms with E-state index in [-0.39, 0.29) is 0 Å². The molecule has 2 amide bonds. The van der Waals surface area contributed by atoms with Gasteiger partial charge in [0.2, 0.25) is 0 Å². The van der Waals surface area contributed by atoms with Crippen LogP contribution in [0.2, 0.25) is 0 Å². The smallest absolute Gasteiger partial charge is 0.408 e. The molecule has 0 saturated carbocycles. The molecule has 0 aromatic heterocycles. The fourth-order valence-electron chi connectivity index (χ4n) is 3.23. The summed E-state index contributed by atoms with van der Waals surface area (Å²) >= 11 is 0. The van der Waals surface area contributed by atoms with Gasteiger partial charge < -0.3 is 19.7 Å². The Morgan fingerprint density at radius 1 is 1.22 bits per heavy atom. The number of rotatable bonds is 3. The molecule has 144 valence electrons. The lowest BCUT2D eigenvalue weighted by Crippen LogP contribution is -2.64. The lowest BCUT2D eigenvalue weighted by molar-refractivity contribution is -0.156. The number of hydrogen-bond donors (Lipinski definition) is 1. The van der Waals surface area contributed by atoms with Gasteiger partial charge in [0, 0.05) is 18.3 Å². The molecule has 0 spiro atoms. The molecule has 0 bridgehead atoms. The monoisotopic (exact) mass is 373 g/mol. The molecule has 27 heavy (non-hydrogen) atoms. The van der Waals surface area contributed by atoms with Crippen molar-refractivity contribution in [2.75, 3.05) is 19.1 Å². The summed E-state index contributed by atoms with van der Waals surface area (Å²) < 4.78 is 10.1. The average Bonchev–Trinajstić information content (AvgIpc) is 2.82. The Morgan fingerprint density at radius 3 is 2.33 bits per heavy atom. The number of esters is 1. The number of benzene rings is 1. The van der Waals surface area contributed by atoms with Crippen LogP contribution in [0, 0.1) is 16.7 Å². The maximum Gasteiger partial charge on any atom is 0.408 e. The second-order valence-electron chi connectivity index (χ2n) is 7.49. The van der Waals surface area contributed by atoms with E-state index < -0.39 is 34.5 Å². The molecule has 0 aliphatic carbocycles. The number of methoxy groups -OCH3 is 1. The molecule has 1 aromatic rings. The third kappa shape index (κ3) is 2.99. The number of carbonyl (C=O) groups excluding carboxylic acids is 3. The molecule has 1 heterocycles. The van der Waals surface area contributed by atoms with E-state index in [0.717, 1.165) is 7.11 Å². The highest BCUT2D eigenvalue weighted by Gasteiger charge is 2.67. The van der Waals surface area contributed by atoms with Gasteiger partial charge in [-0.15, -0.1) is 0 Å². The highest BCUT2D eigenvalue weighted by molar-refractivity contribution is 6.12. The first-order chi connectivity index (χ1) is 12.4. The van der Waals surface area contributed by atoms with E-state index >= 15 is 0 Å². The maximum atomic E-state index is 13.3. The second kappa shape index (κ2) is 6.58. The number of fused-ring (bicyclic) bond motifs is 1. The SMILES string of the molecule is COC(=O)C(C)(C#N)C1(NC(=O)OC(C)(C)C)C(=O)N(C)c2ccccc21. The van der Waals surface area contributed by atoms with Crippen LogP contribution in [-0.2, 0) is 24.6 Å². The Balaban J connectivity index is 2.75. The van der Waals surface area contributed by atoms with Gasteiger partial charge in [-0.05, 0) is 33.8 Å². The first kappa shape index (κ1) is 20.2. The van der Waals surface area contributed by atoms with Crippen molar-refractivity contribution in [3.63, 3.8) is 0 Å². The third-order valence-electron chi connectivity index (χ3n) is 4.55. The summed E-state index contributed by atoms with van der Waals surface area (Å²) in [6, 6.07) is 8.51. The number of anilines is 1. The summed E-state index contributed by atoms with van der Waals surface area (Å²) in [5, 5.41) is 12.4. The van der Waals surface area contributed by atoms with E-state index in [1.165, 1.54) is 18.9 Å². The Labute approximate surface area is 158 Å². The average molecular weight is 373 g/mol. The zero-order valence-corrected chi connectivity index (χ0v) is 16.2. The molecular weight excluding hydrogens is 350 g/mol. The minimum atomic E-state index is -2.03. The van der Waals surface area contributed by atoms with Crippen molar-refractivity contribution in [1.82, 2.24) is 5.32 Å². The summed E-state index contributed by atoms with van der Waals surface area (Å²) in [6.45, 7) is 6.27. The van der Waals surface area contributed by atoms with Gasteiger partial charge in [0.15, 0.2) is 11.0 Å². The van der Waals surface area contributed by atoms with Crippen LogP contribution >= 0.6 is 0 Å². The van der Waals surface area contributed by atoms with E-state index in [2.05, 4.69) is 5.32 Å². The topological polar surface area (TPSA) is 109 Å². The van der Waals surface area contributed by atoms with E-state index in [4.69, 9.17) is 9.47 Å². The van der Waals surface area contributed by atoms with Crippen molar-refractivity contribution in [2.45, 2.75) is 38.8 Å². The fraction of sp³-hybridized carbons (Fsp3) is 0.474. The van der Waals surface area contributed by atoms with Crippen molar-refractivity contribution in [1.29, 1.82) is 5.26 Å². The predicted octanol–water partition coefficient (Wildman–Crippen LogP) is 2.09. The van der Waals surface area contributed by atoms with Crippen molar-refractivity contribution < 1.29 is 23.9 Å². The molecule has 0 fully saturated rings. The minimum absolute atomic E-state index is 0.317. The van der Waals surface area contributed by atoms with Crippen molar-refractivity contribution in [3.05, 3.63) is 29.8 Å². The van der Waals surface area contributed by atoms with Crippen LogP contribution in [0.15, 0.2) is 24.3 Å². The van der Waals surface area contributed by atoms with Gasteiger partial charge in [0.05, 0.1) is 13.2 Å². The molecule has 2 rings (SSSR count). The number of para-hydroxylation sites is 1. The fourth-order valence-corrected chi connectivity index (χ4v) is 3.23. The lowest BCUT2D eigenvalue weighted by Gasteiger charge is -2.39. The zero-order valence-electron chi connectivity index (χ0n) is 16.2. The van der Waals surface area contributed by atoms with Gasteiger partial charge in [-0.2, -0.15) is 5.26 Å². The molecule has 0 radical (unpaired) electrons. The van der Waals surface area contributed by atoms with Gasteiger partial charge in [-0.25, -0.2) is 4.79 Å². The maximum absolute atomic E-state index is 13.3. The van der Waals surface area contributed by atoms with Crippen molar-refractivity contribution >= 4 is 23.7 Å². The predicted molar refractivity (Wildman–Crippen MR) is 96.6 cm³/mol. The molecule has 8 heteroatoms. The number of ether oxygens (including phenoxy) is 2. The van der Waals surface area contributed by atoms with Crippen LogP contribution in [0.1, 0.15) is 33.3 Å². The number of nitrogens with zero attached hydrogens (tertiary/aromatic N) is 2. The molecule has 1 aliphatic rings. The molecule has 2 unspecified atom stereocenters. The van der Waals surface area contributed by atoms with Crippen LogP contribution in [0.25, 0.3) is 0 Å². The van der Waals surface area contributed by atoms with Crippen LogP contribution in [0.3, 0.4) is 0 Å². The Morgan fingerprint density at radius 2 is 1.81 bits per heavy atom. The van der Waals surface area contributed by atoms with E-state index in [1.807, 2.05) is 6.07 Å². The molecule has 2 atom stereocenters. The summed E-state index contributed by atoms with van der Waals surface area (Å²) in [7, 11) is 2.63. The Hall–Kier alpha value is -3.08. The Kier molecular flexibility index (Phi) is 4.93. The molecular formula is C19H23N3O5. The van der Waals surface area contributed by atoms with Gasteiger partial charge in [0.1, 0.15) is 5.60 Å². The van der Waals surface area contributed by atoms with E-state index in [9.17, 15) is 19.6 Å². The molecule has 1 aliphatic heterocycles. The number of likely N-dealkylation sites (N-methyl/N-ethyl adjacent to an activating group) is 1. The Bertz CT molecular complexity index is 838. The largest absolute Gasteiger partial charge is 0.468 e. The lowest BCUT2D eigenvalue weighted by atomic mass is 9.68. The molecule has 1 N–H and O–H groups in total. The van der Waals surface area contributed by atoms with E-state index in [1.54, 1.807) is 45.0 Å². The summed E-state index contributed by atoms with van der Waals surface area (Å²) in [5.41, 5.74) is -4.08. The number of amides is 2. The number of nitriles is 1. The van der Waals surface area contributed by atoms with Crippen LogP contribution < -0.4 is 10.2 Å². The summed E-state index contributed by atoms with van der Waals surface area (Å²) in [6.07, 6.45) is -0.925. The normalized spacial score (nSPS) is 20.9. The van der Waals surface area contributed by atoms with Gasteiger partial charge in [-0.1, -0.05) is 18.2 Å². The number of hydrogen-bond acceptors (Lipinski definition) is 6. The highest BCUT2D eigenvalue weighted by atomic mass is 16.6. The standard InChI is InChI=1S/C19H23N3O5/c1-17(2,3)27-16(25)21-19(18(4,11-20)15(24)26-6)12-9-7-8-10-13(12)22(5)14(19)23/h7-10H,1-6H3,(H,21,25). The summed E-state index contributed by atoms with van der Waals surface area (Å²) in [4.78, 5) is 39.8. The minimum Gasteiger partial charge on any atom is -0.468 e. The first-order valence-corrected chi connectivity index (χ1v) is 8.33. The van der Waals surface area contributed by atoms with Gasteiger partial charge >= 0.3 is 12.1 Å². The number of alkyl carbamates (subject to hydrolysis) is 1. The quantitative estimate of drug-likeness (QED) is 0.813. The van der Waals surface area contributed by atoms with E-state index in [0.29, 0.717) is 11.3 Å². The summed E-state index contributed by atoms with van der Waals surface area (Å²) in [5.74, 6) is -1.58.